The van der Waals surface area contributed by atoms with Gasteiger partial charge in [-0.05, 0) is 30.9 Å². The van der Waals surface area contributed by atoms with E-state index >= 15 is 0 Å². The number of hydrogen-bond donors (Lipinski definition) is 2. The van der Waals surface area contributed by atoms with Crippen molar-refractivity contribution in [2.24, 2.45) is 0 Å². The molecular formula is C16H21NO5. The van der Waals surface area contributed by atoms with Gasteiger partial charge in [-0.15, -0.1) is 0 Å². The Morgan fingerprint density at radius 3 is 2.59 bits per heavy atom. The molecule has 1 amide bonds. The second kappa shape index (κ2) is 7.91. The van der Waals surface area contributed by atoms with Crippen LogP contribution >= 0.6 is 0 Å². The standard InChI is InChI=1S/C16H21NO5/c1-2-21-10-12-6-4-3-5-11(12)9-17-15(18)13-7-8-14(22-13)16(19)20/h3-6,13-14H,2,7-10H2,1H3,(H,17,18)(H,19,20)/t13-,14+/m0/s1. The van der Waals surface area contributed by atoms with Crippen LogP contribution < -0.4 is 5.32 Å². The van der Waals surface area contributed by atoms with Gasteiger partial charge in [0.2, 0.25) is 5.91 Å². The molecule has 2 N–H and O–H groups in total. The molecule has 0 radical (unpaired) electrons. The number of nitrogens with one attached hydrogen (secondary N) is 1. The molecule has 1 aromatic rings. The molecule has 6 nitrogen and oxygen atoms in total. The summed E-state index contributed by atoms with van der Waals surface area (Å²) in [6.45, 7) is 3.44. The number of benzene rings is 1. The molecule has 1 aliphatic rings. The van der Waals surface area contributed by atoms with Crippen LogP contribution in [0.5, 0.6) is 0 Å². The van der Waals surface area contributed by atoms with Crippen molar-refractivity contribution in [3.63, 3.8) is 0 Å². The van der Waals surface area contributed by atoms with E-state index in [-0.39, 0.29) is 5.91 Å². The Kier molecular flexibility index (Phi) is 5.91. The van der Waals surface area contributed by atoms with Crippen LogP contribution in [0.15, 0.2) is 24.3 Å². The highest BCUT2D eigenvalue weighted by molar-refractivity contribution is 5.82. The molecular weight excluding hydrogens is 286 g/mol. The first kappa shape index (κ1) is 16.5. The number of aliphatic carboxylic acids is 1. The molecule has 0 aromatic heterocycles. The van der Waals surface area contributed by atoms with Gasteiger partial charge in [0.1, 0.15) is 6.10 Å². The third-order valence-electron chi connectivity index (χ3n) is 3.62. The molecule has 1 saturated heterocycles. The van der Waals surface area contributed by atoms with Gasteiger partial charge < -0.3 is 19.9 Å². The number of carboxylic acid groups (broad SMARTS) is 1. The third-order valence-corrected chi connectivity index (χ3v) is 3.62. The Morgan fingerprint density at radius 2 is 1.95 bits per heavy atom. The topological polar surface area (TPSA) is 84.9 Å². The zero-order chi connectivity index (χ0) is 15.9. The predicted octanol–water partition coefficient (Wildman–Crippen LogP) is 1.47. The fraction of sp³-hybridized carbons (Fsp3) is 0.500. The lowest BCUT2D eigenvalue weighted by molar-refractivity contribution is -0.151. The molecule has 0 aliphatic carbocycles. The summed E-state index contributed by atoms with van der Waals surface area (Å²) in [6, 6.07) is 7.73. The summed E-state index contributed by atoms with van der Waals surface area (Å²) < 4.78 is 10.6. The predicted molar refractivity (Wildman–Crippen MR) is 79.1 cm³/mol. The van der Waals surface area contributed by atoms with Crippen molar-refractivity contribution in [3.05, 3.63) is 35.4 Å². The molecule has 0 unspecified atom stereocenters. The number of amides is 1. The minimum atomic E-state index is -1.02. The summed E-state index contributed by atoms with van der Waals surface area (Å²) >= 11 is 0. The van der Waals surface area contributed by atoms with Gasteiger partial charge in [0.25, 0.3) is 0 Å². The lowest BCUT2D eigenvalue weighted by Crippen LogP contribution is -2.35. The van der Waals surface area contributed by atoms with Crippen LogP contribution in [-0.2, 0) is 32.2 Å². The van der Waals surface area contributed by atoms with E-state index in [2.05, 4.69) is 5.32 Å². The monoisotopic (exact) mass is 307 g/mol. The van der Waals surface area contributed by atoms with Crippen molar-refractivity contribution in [3.8, 4) is 0 Å². The first-order valence-corrected chi connectivity index (χ1v) is 7.42. The number of ether oxygens (including phenoxy) is 2. The number of carbonyl (C=O) groups is 2. The summed E-state index contributed by atoms with van der Waals surface area (Å²) in [4.78, 5) is 22.9. The summed E-state index contributed by atoms with van der Waals surface area (Å²) in [7, 11) is 0. The maximum Gasteiger partial charge on any atom is 0.332 e. The molecule has 0 bridgehead atoms. The summed E-state index contributed by atoms with van der Waals surface area (Å²) in [5.41, 5.74) is 2.01. The Morgan fingerprint density at radius 1 is 1.27 bits per heavy atom. The minimum Gasteiger partial charge on any atom is -0.479 e. The SMILES string of the molecule is CCOCc1ccccc1CNC(=O)[C@@H]1CC[C@H](C(=O)O)O1. The molecule has 120 valence electrons. The summed E-state index contributed by atoms with van der Waals surface area (Å²) in [6.07, 6.45) is -0.751. The van der Waals surface area contributed by atoms with E-state index in [0.717, 1.165) is 11.1 Å². The van der Waals surface area contributed by atoms with Gasteiger partial charge in [-0.2, -0.15) is 0 Å². The molecule has 2 atom stereocenters. The first-order valence-electron chi connectivity index (χ1n) is 7.42. The van der Waals surface area contributed by atoms with E-state index in [0.29, 0.717) is 32.6 Å². The highest BCUT2D eigenvalue weighted by Gasteiger charge is 2.34. The maximum absolute atomic E-state index is 12.1. The number of rotatable bonds is 7. The van der Waals surface area contributed by atoms with Crippen LogP contribution in [0.4, 0.5) is 0 Å². The maximum atomic E-state index is 12.1. The van der Waals surface area contributed by atoms with E-state index in [1.807, 2.05) is 31.2 Å². The molecule has 0 spiro atoms. The van der Waals surface area contributed by atoms with Gasteiger partial charge in [-0.1, -0.05) is 24.3 Å². The van der Waals surface area contributed by atoms with Crippen LogP contribution in [0.25, 0.3) is 0 Å². The van der Waals surface area contributed by atoms with Gasteiger partial charge in [0.05, 0.1) is 6.61 Å². The molecule has 1 aromatic carbocycles. The van der Waals surface area contributed by atoms with Gasteiger partial charge in [-0.25, -0.2) is 4.79 Å². The highest BCUT2D eigenvalue weighted by Crippen LogP contribution is 2.20. The van der Waals surface area contributed by atoms with Crippen LogP contribution in [0.1, 0.15) is 30.9 Å². The summed E-state index contributed by atoms with van der Waals surface area (Å²) in [5.74, 6) is -1.28. The van der Waals surface area contributed by atoms with Crippen molar-refractivity contribution < 1.29 is 24.2 Å². The molecule has 22 heavy (non-hydrogen) atoms. The normalized spacial score (nSPS) is 20.8. The van der Waals surface area contributed by atoms with Gasteiger partial charge >= 0.3 is 5.97 Å². The van der Waals surface area contributed by atoms with Crippen LogP contribution in [0.2, 0.25) is 0 Å². The minimum absolute atomic E-state index is 0.269. The molecule has 0 saturated carbocycles. The van der Waals surface area contributed by atoms with E-state index in [1.165, 1.54) is 0 Å². The number of hydrogen-bond acceptors (Lipinski definition) is 4. The van der Waals surface area contributed by atoms with E-state index in [4.69, 9.17) is 14.6 Å². The van der Waals surface area contributed by atoms with Crippen molar-refractivity contribution in [1.82, 2.24) is 5.32 Å². The van der Waals surface area contributed by atoms with E-state index in [9.17, 15) is 9.59 Å². The Labute approximate surface area is 129 Å². The fourth-order valence-corrected chi connectivity index (χ4v) is 2.39. The van der Waals surface area contributed by atoms with Gasteiger partial charge in [0.15, 0.2) is 6.10 Å². The number of carboxylic acids is 1. The lowest BCUT2D eigenvalue weighted by Gasteiger charge is -2.14. The van der Waals surface area contributed by atoms with E-state index in [1.54, 1.807) is 0 Å². The molecule has 2 rings (SSSR count). The average molecular weight is 307 g/mol. The van der Waals surface area contributed by atoms with Gasteiger partial charge in [-0.3, -0.25) is 4.79 Å². The molecule has 1 fully saturated rings. The number of carbonyl (C=O) groups excluding carboxylic acids is 1. The van der Waals surface area contributed by atoms with Crippen molar-refractivity contribution in [2.75, 3.05) is 6.61 Å². The molecule has 1 aliphatic heterocycles. The van der Waals surface area contributed by atoms with Crippen LogP contribution in [-0.4, -0.2) is 35.8 Å². The van der Waals surface area contributed by atoms with Gasteiger partial charge in [0, 0.05) is 13.2 Å². The van der Waals surface area contributed by atoms with Crippen LogP contribution in [0.3, 0.4) is 0 Å². The zero-order valence-corrected chi connectivity index (χ0v) is 12.6. The average Bonchev–Trinajstić information content (AvgIpc) is 3.01. The van der Waals surface area contributed by atoms with E-state index < -0.39 is 18.2 Å². The first-order chi connectivity index (χ1) is 10.6. The fourth-order valence-electron chi connectivity index (χ4n) is 2.39. The van der Waals surface area contributed by atoms with Crippen molar-refractivity contribution in [2.45, 2.75) is 45.1 Å². The zero-order valence-electron chi connectivity index (χ0n) is 12.6. The lowest BCUT2D eigenvalue weighted by atomic mass is 10.1. The Balaban J connectivity index is 1.88. The molecule has 1 heterocycles. The smallest absolute Gasteiger partial charge is 0.332 e. The highest BCUT2D eigenvalue weighted by atomic mass is 16.5. The largest absolute Gasteiger partial charge is 0.479 e. The van der Waals surface area contributed by atoms with Crippen molar-refractivity contribution in [1.29, 1.82) is 0 Å². The second-order valence-corrected chi connectivity index (χ2v) is 5.15. The Hall–Kier alpha value is -1.92. The van der Waals surface area contributed by atoms with Crippen molar-refractivity contribution >= 4 is 11.9 Å². The Bertz CT molecular complexity index is 531. The van der Waals surface area contributed by atoms with Crippen LogP contribution in [0, 0.1) is 0 Å². The molecule has 6 heteroatoms. The summed E-state index contributed by atoms with van der Waals surface area (Å²) in [5, 5.41) is 11.7. The quantitative estimate of drug-likeness (QED) is 0.797. The second-order valence-electron chi connectivity index (χ2n) is 5.15. The third kappa shape index (κ3) is 4.29.